The van der Waals surface area contributed by atoms with Crippen LogP contribution < -0.4 is 11.3 Å². The molecule has 3 rings (SSSR count). The lowest BCUT2D eigenvalue weighted by atomic mass is 9.95. The molecule has 3 heteroatoms. The van der Waals surface area contributed by atoms with Crippen molar-refractivity contribution in [3.05, 3.63) is 57.4 Å². The third-order valence-corrected chi connectivity index (χ3v) is 4.38. The van der Waals surface area contributed by atoms with Gasteiger partial charge in [0.1, 0.15) is 0 Å². The van der Waals surface area contributed by atoms with Crippen molar-refractivity contribution in [2.24, 2.45) is 5.73 Å². The number of nitrogens with zero attached hydrogens (tertiary/aromatic N) is 1. The molecule has 1 saturated carbocycles. The maximum atomic E-state index is 13.0. The van der Waals surface area contributed by atoms with Gasteiger partial charge in [0.05, 0.1) is 5.69 Å². The maximum Gasteiger partial charge on any atom is 0.256 e. The van der Waals surface area contributed by atoms with E-state index in [0.717, 1.165) is 24.1 Å². The van der Waals surface area contributed by atoms with Crippen LogP contribution in [0.3, 0.4) is 0 Å². The predicted molar refractivity (Wildman–Crippen MR) is 91.1 cm³/mol. The molecule has 0 unspecified atom stereocenters. The molecule has 0 atom stereocenters. The van der Waals surface area contributed by atoms with Gasteiger partial charge in [0.2, 0.25) is 0 Å². The van der Waals surface area contributed by atoms with E-state index in [1.54, 1.807) is 0 Å². The molecule has 1 aromatic heterocycles. The SMILES string of the molecule is Cc1ccc(-c2ccc(C(C)(C)N)c(=O)n2C2CC2)c(C)c1. The van der Waals surface area contributed by atoms with Crippen molar-refractivity contribution in [2.45, 2.75) is 52.1 Å². The van der Waals surface area contributed by atoms with Gasteiger partial charge in [-0.15, -0.1) is 0 Å². The molecule has 1 aliphatic rings. The third-order valence-electron chi connectivity index (χ3n) is 4.38. The smallest absolute Gasteiger partial charge is 0.256 e. The number of nitrogens with two attached hydrogens (primary N) is 1. The van der Waals surface area contributed by atoms with E-state index in [1.807, 2.05) is 24.5 Å². The van der Waals surface area contributed by atoms with E-state index in [4.69, 9.17) is 5.73 Å². The highest BCUT2D eigenvalue weighted by Gasteiger charge is 2.30. The molecule has 0 amide bonds. The van der Waals surface area contributed by atoms with Gasteiger partial charge in [0.15, 0.2) is 0 Å². The summed E-state index contributed by atoms with van der Waals surface area (Å²) >= 11 is 0. The molecule has 116 valence electrons. The molecule has 2 aromatic rings. The van der Waals surface area contributed by atoms with Gasteiger partial charge in [-0.25, -0.2) is 0 Å². The Morgan fingerprint density at radius 2 is 1.82 bits per heavy atom. The zero-order valence-electron chi connectivity index (χ0n) is 13.8. The minimum Gasteiger partial charge on any atom is -0.322 e. The molecule has 3 nitrogen and oxygen atoms in total. The largest absolute Gasteiger partial charge is 0.322 e. The fourth-order valence-electron chi connectivity index (χ4n) is 3.06. The topological polar surface area (TPSA) is 48.0 Å². The van der Waals surface area contributed by atoms with Crippen molar-refractivity contribution >= 4 is 0 Å². The van der Waals surface area contributed by atoms with Gasteiger partial charge in [0.25, 0.3) is 5.56 Å². The van der Waals surface area contributed by atoms with Gasteiger partial charge in [-0.3, -0.25) is 4.79 Å². The van der Waals surface area contributed by atoms with E-state index in [1.165, 1.54) is 11.1 Å². The molecule has 0 radical (unpaired) electrons. The van der Waals surface area contributed by atoms with E-state index in [-0.39, 0.29) is 5.56 Å². The van der Waals surface area contributed by atoms with Crippen molar-refractivity contribution < 1.29 is 0 Å². The summed E-state index contributed by atoms with van der Waals surface area (Å²) in [6.07, 6.45) is 2.15. The fraction of sp³-hybridized carbons (Fsp3) is 0.421. The first-order valence-corrected chi connectivity index (χ1v) is 7.91. The number of rotatable bonds is 3. The second-order valence-corrected chi connectivity index (χ2v) is 7.08. The second-order valence-electron chi connectivity index (χ2n) is 7.08. The summed E-state index contributed by atoms with van der Waals surface area (Å²) in [5, 5.41) is 0. The minimum absolute atomic E-state index is 0.0625. The summed E-state index contributed by atoms with van der Waals surface area (Å²) in [6.45, 7) is 7.96. The van der Waals surface area contributed by atoms with Crippen LogP contribution in [0, 0.1) is 13.8 Å². The first-order valence-electron chi connectivity index (χ1n) is 7.91. The third kappa shape index (κ3) is 2.61. The number of pyridine rings is 1. The number of hydrogen-bond acceptors (Lipinski definition) is 2. The van der Waals surface area contributed by atoms with Crippen LogP contribution in [0.4, 0.5) is 0 Å². The van der Waals surface area contributed by atoms with Crippen LogP contribution in [0.15, 0.2) is 35.1 Å². The Morgan fingerprint density at radius 3 is 2.36 bits per heavy atom. The van der Waals surface area contributed by atoms with Crippen molar-refractivity contribution in [2.75, 3.05) is 0 Å². The summed E-state index contributed by atoms with van der Waals surface area (Å²) in [5.41, 5.74) is 10.9. The quantitative estimate of drug-likeness (QED) is 0.939. The number of aromatic nitrogens is 1. The molecule has 0 bridgehead atoms. The molecule has 0 spiro atoms. The average molecular weight is 296 g/mol. The van der Waals surface area contributed by atoms with Gasteiger partial charge in [0, 0.05) is 22.7 Å². The highest BCUT2D eigenvalue weighted by Crippen LogP contribution is 2.38. The summed E-state index contributed by atoms with van der Waals surface area (Å²) in [5.74, 6) is 0. The minimum atomic E-state index is -0.616. The van der Waals surface area contributed by atoms with Gasteiger partial charge >= 0.3 is 0 Å². The molecule has 2 N–H and O–H groups in total. The Hall–Kier alpha value is -1.87. The first-order chi connectivity index (χ1) is 10.3. The standard InChI is InChI=1S/C19H24N2O/c1-12-5-8-15(13(2)11-12)17-10-9-16(19(3,4)20)18(22)21(17)14-6-7-14/h5,8-11,14H,6-7,20H2,1-4H3. The fourth-order valence-corrected chi connectivity index (χ4v) is 3.06. The highest BCUT2D eigenvalue weighted by molar-refractivity contribution is 5.65. The van der Waals surface area contributed by atoms with Gasteiger partial charge in [-0.05, 0) is 58.2 Å². The Kier molecular flexibility index (Phi) is 3.48. The average Bonchev–Trinajstić information content (AvgIpc) is 3.21. The van der Waals surface area contributed by atoms with E-state index in [2.05, 4.69) is 38.1 Å². The number of hydrogen-bond donors (Lipinski definition) is 1. The highest BCUT2D eigenvalue weighted by atomic mass is 16.1. The summed E-state index contributed by atoms with van der Waals surface area (Å²) in [4.78, 5) is 13.0. The van der Waals surface area contributed by atoms with Crippen LogP contribution in [-0.2, 0) is 5.54 Å². The van der Waals surface area contributed by atoms with Crippen LogP contribution in [-0.4, -0.2) is 4.57 Å². The predicted octanol–water partition coefficient (Wildman–Crippen LogP) is 3.66. The second kappa shape index (κ2) is 5.10. The Morgan fingerprint density at radius 1 is 1.14 bits per heavy atom. The van der Waals surface area contributed by atoms with Crippen LogP contribution in [0.25, 0.3) is 11.3 Å². The zero-order valence-corrected chi connectivity index (χ0v) is 13.8. The maximum absolute atomic E-state index is 13.0. The first kappa shape index (κ1) is 15.0. The zero-order chi connectivity index (χ0) is 16.1. The van der Waals surface area contributed by atoms with E-state index >= 15 is 0 Å². The summed E-state index contributed by atoms with van der Waals surface area (Å²) in [6, 6.07) is 10.7. The lowest BCUT2D eigenvalue weighted by Gasteiger charge is -2.22. The van der Waals surface area contributed by atoms with Crippen LogP contribution in [0.5, 0.6) is 0 Å². The van der Waals surface area contributed by atoms with Crippen LogP contribution in [0.2, 0.25) is 0 Å². The lowest BCUT2D eigenvalue weighted by Crippen LogP contribution is -2.38. The molecular formula is C19H24N2O. The molecule has 0 saturated heterocycles. The molecule has 1 fully saturated rings. The summed E-state index contributed by atoms with van der Waals surface area (Å²) < 4.78 is 1.96. The van der Waals surface area contributed by atoms with Gasteiger partial charge in [-0.1, -0.05) is 23.8 Å². The van der Waals surface area contributed by atoms with Gasteiger partial charge in [-0.2, -0.15) is 0 Å². The van der Waals surface area contributed by atoms with Crippen LogP contribution >= 0.6 is 0 Å². The molecule has 1 aromatic carbocycles. The molecule has 1 aliphatic carbocycles. The Labute approximate surface area is 131 Å². The van der Waals surface area contributed by atoms with E-state index in [0.29, 0.717) is 11.6 Å². The Balaban J connectivity index is 2.25. The van der Waals surface area contributed by atoms with E-state index in [9.17, 15) is 4.79 Å². The van der Waals surface area contributed by atoms with E-state index < -0.39 is 5.54 Å². The molecule has 0 aliphatic heterocycles. The van der Waals surface area contributed by atoms with Crippen molar-refractivity contribution in [1.82, 2.24) is 4.57 Å². The van der Waals surface area contributed by atoms with Crippen molar-refractivity contribution in [3.63, 3.8) is 0 Å². The van der Waals surface area contributed by atoms with Gasteiger partial charge < -0.3 is 10.3 Å². The normalized spacial score (nSPS) is 15.1. The Bertz CT molecular complexity index is 777. The monoisotopic (exact) mass is 296 g/mol. The molecular weight excluding hydrogens is 272 g/mol. The van der Waals surface area contributed by atoms with Crippen molar-refractivity contribution in [3.8, 4) is 11.3 Å². The summed E-state index contributed by atoms with van der Waals surface area (Å²) in [7, 11) is 0. The molecule has 1 heterocycles. The number of benzene rings is 1. The lowest BCUT2D eigenvalue weighted by molar-refractivity contribution is 0.535. The van der Waals surface area contributed by atoms with Crippen LogP contribution in [0.1, 0.15) is 49.4 Å². The van der Waals surface area contributed by atoms with Crippen molar-refractivity contribution in [1.29, 1.82) is 0 Å². The number of aryl methyl sites for hydroxylation is 2. The molecule has 22 heavy (non-hydrogen) atoms.